The molecule has 1 aromatic heterocycles. The first kappa shape index (κ1) is 20.6. The Kier molecular flexibility index (Phi) is 7.62. The van der Waals surface area contributed by atoms with Gasteiger partial charge in [-0.15, -0.1) is 0 Å². The number of aliphatic hydroxyl groups is 1. The second kappa shape index (κ2) is 10.4. The van der Waals surface area contributed by atoms with Gasteiger partial charge in [0, 0.05) is 18.2 Å². The van der Waals surface area contributed by atoms with Crippen molar-refractivity contribution in [3.05, 3.63) is 36.4 Å². The van der Waals surface area contributed by atoms with Crippen molar-refractivity contribution in [3.8, 4) is 11.3 Å². The highest BCUT2D eigenvalue weighted by Gasteiger charge is 2.16. The van der Waals surface area contributed by atoms with Crippen LogP contribution in [0.15, 0.2) is 36.4 Å². The van der Waals surface area contributed by atoms with Crippen molar-refractivity contribution in [3.63, 3.8) is 0 Å². The molecule has 2 aromatic rings. The van der Waals surface area contributed by atoms with Crippen LogP contribution in [0.5, 0.6) is 0 Å². The van der Waals surface area contributed by atoms with Gasteiger partial charge in [0.15, 0.2) is 0 Å². The van der Waals surface area contributed by atoms with E-state index >= 15 is 0 Å². The number of anilines is 2. The fraction of sp³-hybridized carbons (Fsp3) is 0.545. The van der Waals surface area contributed by atoms with Gasteiger partial charge in [0.25, 0.3) is 0 Å². The van der Waals surface area contributed by atoms with Gasteiger partial charge in [0.1, 0.15) is 5.82 Å². The van der Waals surface area contributed by atoms with E-state index in [0.717, 1.165) is 49.0 Å². The van der Waals surface area contributed by atoms with E-state index in [1.165, 1.54) is 12.8 Å². The Morgan fingerprint density at radius 3 is 2.57 bits per heavy atom. The minimum Gasteiger partial charge on any atom is -0.394 e. The van der Waals surface area contributed by atoms with Crippen LogP contribution in [0, 0.1) is 11.8 Å². The van der Waals surface area contributed by atoms with Crippen LogP contribution in [0.4, 0.5) is 11.8 Å². The van der Waals surface area contributed by atoms with Gasteiger partial charge in [0.05, 0.1) is 18.3 Å². The number of rotatable bonds is 9. The summed E-state index contributed by atoms with van der Waals surface area (Å²) < 4.78 is 0. The molecule has 28 heavy (non-hydrogen) atoms. The highest BCUT2D eigenvalue weighted by molar-refractivity contribution is 5.64. The summed E-state index contributed by atoms with van der Waals surface area (Å²) in [5.41, 5.74) is 1.93. The predicted molar refractivity (Wildman–Crippen MR) is 116 cm³/mol. The number of nitrogens with zero attached hydrogens (tertiary/aromatic N) is 2. The summed E-state index contributed by atoms with van der Waals surface area (Å²) in [4.78, 5) is 9.35. The molecule has 6 heteroatoms. The summed E-state index contributed by atoms with van der Waals surface area (Å²) in [5, 5.41) is 19.9. The first-order valence-electron chi connectivity index (χ1n) is 10.4. The Hall–Kier alpha value is -2.18. The lowest BCUT2D eigenvalue weighted by atomic mass is 9.95. The first-order chi connectivity index (χ1) is 13.7. The summed E-state index contributed by atoms with van der Waals surface area (Å²) in [7, 11) is 0. The summed E-state index contributed by atoms with van der Waals surface area (Å²) in [6.07, 6.45) is 3.65. The first-order valence-corrected chi connectivity index (χ1v) is 10.4. The van der Waals surface area contributed by atoms with Crippen molar-refractivity contribution < 1.29 is 5.11 Å². The highest BCUT2D eigenvalue weighted by atomic mass is 16.3. The molecule has 1 aliphatic heterocycles. The summed E-state index contributed by atoms with van der Waals surface area (Å²) in [6.45, 7) is 7.36. The molecule has 1 fully saturated rings. The van der Waals surface area contributed by atoms with Crippen molar-refractivity contribution in [1.29, 1.82) is 0 Å². The molecule has 0 aliphatic carbocycles. The van der Waals surface area contributed by atoms with E-state index in [0.29, 0.717) is 5.95 Å². The normalized spacial score (nSPS) is 16.1. The Labute approximate surface area is 168 Å². The average Bonchev–Trinajstić information content (AvgIpc) is 2.73. The smallest absolute Gasteiger partial charge is 0.225 e. The predicted octanol–water partition coefficient (Wildman–Crippen LogP) is 3.37. The Balaban J connectivity index is 1.74. The third-order valence-corrected chi connectivity index (χ3v) is 5.43. The summed E-state index contributed by atoms with van der Waals surface area (Å²) in [6, 6.07) is 12.1. The minimum atomic E-state index is -0.0754. The number of aromatic nitrogens is 2. The Morgan fingerprint density at radius 2 is 1.89 bits per heavy atom. The number of nitrogens with one attached hydrogen (secondary N) is 3. The monoisotopic (exact) mass is 383 g/mol. The molecule has 4 N–H and O–H groups in total. The molecule has 0 unspecified atom stereocenters. The van der Waals surface area contributed by atoms with E-state index in [4.69, 9.17) is 4.98 Å². The van der Waals surface area contributed by atoms with Gasteiger partial charge >= 0.3 is 0 Å². The van der Waals surface area contributed by atoms with Gasteiger partial charge < -0.3 is 21.1 Å². The zero-order valence-electron chi connectivity index (χ0n) is 17.0. The van der Waals surface area contributed by atoms with Gasteiger partial charge in [0.2, 0.25) is 5.95 Å². The molecule has 3 rings (SSSR count). The highest BCUT2D eigenvalue weighted by Crippen LogP contribution is 2.23. The molecule has 0 spiro atoms. The molecule has 1 saturated heterocycles. The van der Waals surface area contributed by atoms with Crippen LogP contribution in [0.25, 0.3) is 11.3 Å². The molecule has 0 radical (unpaired) electrons. The Bertz CT molecular complexity index is 716. The number of aliphatic hydroxyl groups excluding tert-OH is 1. The summed E-state index contributed by atoms with van der Waals surface area (Å²) >= 11 is 0. The second-order valence-corrected chi connectivity index (χ2v) is 7.91. The molecule has 152 valence electrons. The molecule has 1 aliphatic rings. The number of benzene rings is 1. The maximum atomic E-state index is 9.66. The maximum Gasteiger partial charge on any atom is 0.225 e. The number of piperidine rings is 1. The van der Waals surface area contributed by atoms with E-state index in [1.54, 1.807) is 0 Å². The minimum absolute atomic E-state index is 0.0507. The largest absolute Gasteiger partial charge is 0.394 e. The van der Waals surface area contributed by atoms with Crippen molar-refractivity contribution in [2.24, 2.45) is 11.8 Å². The SMILES string of the molecule is CC(C)[C@H](CO)Nc1nc(NCCC2CCNCC2)cc(-c2ccccc2)n1. The quantitative estimate of drug-likeness (QED) is 0.531. The van der Waals surface area contributed by atoms with Gasteiger partial charge in [-0.25, -0.2) is 4.98 Å². The van der Waals surface area contributed by atoms with Crippen molar-refractivity contribution in [1.82, 2.24) is 15.3 Å². The molecule has 0 bridgehead atoms. The van der Waals surface area contributed by atoms with Crippen LogP contribution in [-0.2, 0) is 0 Å². The van der Waals surface area contributed by atoms with Crippen LogP contribution < -0.4 is 16.0 Å². The van der Waals surface area contributed by atoms with Gasteiger partial charge in [-0.3, -0.25) is 0 Å². The van der Waals surface area contributed by atoms with Crippen LogP contribution in [0.3, 0.4) is 0 Å². The molecular weight excluding hydrogens is 350 g/mol. The molecule has 6 nitrogen and oxygen atoms in total. The molecule has 1 aromatic carbocycles. The second-order valence-electron chi connectivity index (χ2n) is 7.91. The molecular formula is C22H33N5O. The molecule has 0 saturated carbocycles. The number of hydrogen-bond donors (Lipinski definition) is 4. The van der Waals surface area contributed by atoms with Crippen molar-refractivity contribution >= 4 is 11.8 Å². The fourth-order valence-electron chi connectivity index (χ4n) is 3.52. The van der Waals surface area contributed by atoms with Gasteiger partial charge in [-0.2, -0.15) is 4.98 Å². The lowest BCUT2D eigenvalue weighted by Crippen LogP contribution is -2.30. The topological polar surface area (TPSA) is 82.1 Å². The Morgan fingerprint density at radius 1 is 1.14 bits per heavy atom. The van der Waals surface area contributed by atoms with Gasteiger partial charge in [-0.05, 0) is 44.2 Å². The zero-order valence-corrected chi connectivity index (χ0v) is 17.0. The van der Waals surface area contributed by atoms with Crippen LogP contribution >= 0.6 is 0 Å². The maximum absolute atomic E-state index is 9.66. The fourth-order valence-corrected chi connectivity index (χ4v) is 3.52. The third kappa shape index (κ3) is 5.91. The molecule has 0 amide bonds. The lowest BCUT2D eigenvalue weighted by Gasteiger charge is -2.23. The van der Waals surface area contributed by atoms with Gasteiger partial charge in [-0.1, -0.05) is 44.2 Å². The third-order valence-electron chi connectivity index (χ3n) is 5.43. The van der Waals surface area contributed by atoms with Crippen LogP contribution in [0.2, 0.25) is 0 Å². The van der Waals surface area contributed by atoms with Crippen LogP contribution in [0.1, 0.15) is 33.1 Å². The van der Waals surface area contributed by atoms with E-state index in [1.807, 2.05) is 24.3 Å². The van der Waals surface area contributed by atoms with E-state index in [2.05, 4.69) is 46.9 Å². The van der Waals surface area contributed by atoms with E-state index in [9.17, 15) is 5.11 Å². The van der Waals surface area contributed by atoms with E-state index in [-0.39, 0.29) is 18.6 Å². The van der Waals surface area contributed by atoms with Crippen LogP contribution in [-0.4, -0.2) is 47.4 Å². The molecule has 2 heterocycles. The molecule has 1 atom stereocenters. The average molecular weight is 384 g/mol. The summed E-state index contributed by atoms with van der Waals surface area (Å²) in [5.74, 6) is 2.44. The van der Waals surface area contributed by atoms with Crippen molar-refractivity contribution in [2.75, 3.05) is 36.9 Å². The standard InChI is InChI=1S/C22H33N5O/c1-16(2)20(15-28)26-22-25-19(18-6-4-3-5-7-18)14-21(27-22)24-13-10-17-8-11-23-12-9-17/h3-7,14,16-17,20,23,28H,8-13,15H2,1-2H3,(H2,24,25,26,27)/t20-/m0/s1. The zero-order chi connectivity index (χ0) is 19.8. The van der Waals surface area contributed by atoms with E-state index < -0.39 is 0 Å². The lowest BCUT2D eigenvalue weighted by molar-refractivity contribution is 0.248. The van der Waals surface area contributed by atoms with Crippen molar-refractivity contribution in [2.45, 2.75) is 39.2 Å². The number of hydrogen-bond acceptors (Lipinski definition) is 6.